The maximum Gasteiger partial charge on any atom is 0.173 e. The summed E-state index contributed by atoms with van der Waals surface area (Å²) in [5.41, 5.74) is 5.40. The number of unbranched alkanes of at least 4 members (excludes halogenated alkanes) is 3. The van der Waals surface area contributed by atoms with E-state index in [0.717, 1.165) is 38.8 Å². The van der Waals surface area contributed by atoms with Crippen LogP contribution in [0, 0.1) is 0 Å². The van der Waals surface area contributed by atoms with Crippen LogP contribution in [0.1, 0.15) is 25.7 Å². The number of nitrogens with two attached hydrogens (primary N) is 1. The molecule has 0 aromatic heterocycles. The van der Waals surface area contributed by atoms with Crippen molar-refractivity contribution in [3.05, 3.63) is 11.5 Å². The van der Waals surface area contributed by atoms with Gasteiger partial charge in [0.05, 0.1) is 11.8 Å². The fourth-order valence-corrected chi connectivity index (χ4v) is 3.20. The molecule has 0 bridgehead atoms. The predicted octanol–water partition coefficient (Wildman–Crippen LogP) is 0.280. The molecule has 7 heteroatoms. The molecule has 0 unspecified atom stereocenters. The van der Waals surface area contributed by atoms with Gasteiger partial charge in [-0.25, -0.2) is 8.42 Å². The van der Waals surface area contributed by atoms with Crippen LogP contribution in [0.15, 0.2) is 11.5 Å². The van der Waals surface area contributed by atoms with Gasteiger partial charge >= 0.3 is 0 Å². The van der Waals surface area contributed by atoms with E-state index in [-0.39, 0.29) is 11.8 Å². The molecule has 18 heavy (non-hydrogen) atoms. The van der Waals surface area contributed by atoms with Gasteiger partial charge in [-0.3, -0.25) is 0 Å². The second-order valence-electron chi connectivity index (χ2n) is 4.37. The Balaban J connectivity index is 2.06. The van der Waals surface area contributed by atoms with Gasteiger partial charge in [-0.1, -0.05) is 12.8 Å². The molecule has 0 spiro atoms. The summed E-state index contributed by atoms with van der Waals surface area (Å²) in [7, 11) is -3.02. The number of rotatable bonds is 7. The lowest BCUT2D eigenvalue weighted by atomic mass is 10.2. The summed E-state index contributed by atoms with van der Waals surface area (Å²) < 4.78 is 22.4. The number of nitrogens with one attached hydrogen (secondary N) is 2. The minimum atomic E-state index is -3.02. The first-order valence-electron chi connectivity index (χ1n) is 6.19. The highest BCUT2D eigenvalue weighted by Gasteiger charge is 2.21. The molecule has 1 atom stereocenters. The molecule has 0 amide bonds. The normalized spacial score (nSPS) is 20.8. The van der Waals surface area contributed by atoms with Crippen molar-refractivity contribution in [2.75, 3.05) is 18.8 Å². The standard InChI is InChI=1S/C11H21N3O2S2/c12-6-3-1-2-4-7-13-11(17)14-10-5-8-18(15,16)9-10/h5,8,10H,1-4,6-7,9,12H2,(H2,13,14,17)/t10-/m1/s1. The van der Waals surface area contributed by atoms with E-state index in [4.69, 9.17) is 18.0 Å². The summed E-state index contributed by atoms with van der Waals surface area (Å²) in [6, 6.07) is -0.202. The first-order chi connectivity index (χ1) is 8.53. The average molecular weight is 291 g/mol. The predicted molar refractivity (Wildman–Crippen MR) is 78.0 cm³/mol. The summed E-state index contributed by atoms with van der Waals surface area (Å²) in [6.45, 7) is 1.55. The minimum absolute atomic E-state index is 0.0886. The van der Waals surface area contributed by atoms with E-state index in [1.54, 1.807) is 6.08 Å². The lowest BCUT2D eigenvalue weighted by Gasteiger charge is -2.14. The summed E-state index contributed by atoms with van der Waals surface area (Å²) in [5.74, 6) is 0.0886. The van der Waals surface area contributed by atoms with Gasteiger partial charge in [0.15, 0.2) is 14.9 Å². The summed E-state index contributed by atoms with van der Waals surface area (Å²) in [4.78, 5) is 0. The van der Waals surface area contributed by atoms with Crippen LogP contribution in [0.3, 0.4) is 0 Å². The van der Waals surface area contributed by atoms with Crippen LogP contribution in [0.5, 0.6) is 0 Å². The zero-order valence-corrected chi connectivity index (χ0v) is 12.0. The molecule has 0 aromatic rings. The molecule has 0 aliphatic carbocycles. The topological polar surface area (TPSA) is 84.2 Å². The molecule has 0 saturated heterocycles. The maximum atomic E-state index is 11.2. The van der Waals surface area contributed by atoms with E-state index >= 15 is 0 Å². The minimum Gasteiger partial charge on any atom is -0.363 e. The third kappa shape index (κ3) is 6.32. The Bertz CT molecular complexity index is 393. The van der Waals surface area contributed by atoms with Gasteiger partial charge in [0.25, 0.3) is 0 Å². The molecule has 0 aromatic carbocycles. The molecule has 0 saturated carbocycles. The van der Waals surface area contributed by atoms with Crippen molar-refractivity contribution >= 4 is 27.2 Å². The van der Waals surface area contributed by atoms with E-state index in [2.05, 4.69) is 10.6 Å². The number of sulfone groups is 1. The van der Waals surface area contributed by atoms with Crippen LogP contribution in [0.4, 0.5) is 0 Å². The molecule has 5 nitrogen and oxygen atoms in total. The van der Waals surface area contributed by atoms with Gasteiger partial charge in [0.1, 0.15) is 0 Å². The third-order valence-electron chi connectivity index (χ3n) is 2.66. The second kappa shape index (κ2) is 7.70. The van der Waals surface area contributed by atoms with Crippen LogP contribution >= 0.6 is 12.2 Å². The Morgan fingerprint density at radius 2 is 2.06 bits per heavy atom. The Labute approximate surface area is 114 Å². The fraction of sp³-hybridized carbons (Fsp3) is 0.727. The zero-order chi connectivity index (χ0) is 13.4. The summed E-state index contributed by atoms with van der Waals surface area (Å²) in [6.07, 6.45) is 6.01. The summed E-state index contributed by atoms with van der Waals surface area (Å²) in [5, 5.41) is 7.80. The molecular weight excluding hydrogens is 270 g/mol. The lowest BCUT2D eigenvalue weighted by molar-refractivity contribution is 0.601. The Morgan fingerprint density at radius 3 is 2.67 bits per heavy atom. The third-order valence-corrected chi connectivity index (χ3v) is 4.32. The van der Waals surface area contributed by atoms with Crippen molar-refractivity contribution in [3.63, 3.8) is 0 Å². The highest BCUT2D eigenvalue weighted by atomic mass is 32.2. The molecule has 1 rings (SSSR count). The Kier molecular flexibility index (Phi) is 6.59. The molecule has 104 valence electrons. The van der Waals surface area contributed by atoms with Crippen molar-refractivity contribution in [2.24, 2.45) is 5.73 Å². The molecule has 1 aliphatic rings. The molecule has 0 radical (unpaired) electrons. The quantitative estimate of drug-likeness (QED) is 0.461. The van der Waals surface area contributed by atoms with Crippen LogP contribution in [0.2, 0.25) is 0 Å². The first kappa shape index (κ1) is 15.4. The lowest BCUT2D eigenvalue weighted by Crippen LogP contribution is -2.42. The first-order valence-corrected chi connectivity index (χ1v) is 8.31. The molecule has 1 aliphatic heterocycles. The number of thiocarbonyl (C=S) groups is 1. The van der Waals surface area contributed by atoms with Crippen molar-refractivity contribution in [1.82, 2.24) is 10.6 Å². The van der Waals surface area contributed by atoms with E-state index < -0.39 is 9.84 Å². The van der Waals surface area contributed by atoms with Crippen LogP contribution in [-0.4, -0.2) is 38.4 Å². The fourth-order valence-electron chi connectivity index (χ4n) is 1.71. The van der Waals surface area contributed by atoms with Crippen LogP contribution < -0.4 is 16.4 Å². The monoisotopic (exact) mass is 291 g/mol. The van der Waals surface area contributed by atoms with Gasteiger partial charge < -0.3 is 16.4 Å². The average Bonchev–Trinajstić information content (AvgIpc) is 2.63. The van der Waals surface area contributed by atoms with Crippen molar-refractivity contribution < 1.29 is 8.42 Å². The number of hydrogen-bond acceptors (Lipinski definition) is 4. The molecule has 1 heterocycles. The number of hydrogen-bond donors (Lipinski definition) is 3. The Morgan fingerprint density at radius 1 is 1.33 bits per heavy atom. The highest BCUT2D eigenvalue weighted by molar-refractivity contribution is 7.94. The van der Waals surface area contributed by atoms with E-state index in [1.165, 1.54) is 5.41 Å². The van der Waals surface area contributed by atoms with Crippen molar-refractivity contribution in [2.45, 2.75) is 31.7 Å². The molecule has 4 N–H and O–H groups in total. The smallest absolute Gasteiger partial charge is 0.173 e. The van der Waals surface area contributed by atoms with Crippen molar-refractivity contribution in [3.8, 4) is 0 Å². The Hall–Kier alpha value is -0.660. The van der Waals surface area contributed by atoms with Crippen molar-refractivity contribution in [1.29, 1.82) is 0 Å². The molecular formula is C11H21N3O2S2. The van der Waals surface area contributed by atoms with E-state index in [1.807, 2.05) is 0 Å². The van der Waals surface area contributed by atoms with Gasteiger partial charge in [-0.15, -0.1) is 0 Å². The highest BCUT2D eigenvalue weighted by Crippen LogP contribution is 2.07. The summed E-state index contributed by atoms with van der Waals surface area (Å²) >= 11 is 5.10. The second-order valence-corrected chi connectivity index (χ2v) is 6.71. The zero-order valence-electron chi connectivity index (χ0n) is 10.4. The van der Waals surface area contributed by atoms with E-state index in [9.17, 15) is 8.42 Å². The van der Waals surface area contributed by atoms with Gasteiger partial charge in [-0.2, -0.15) is 0 Å². The SMILES string of the molecule is NCCCCCCNC(=S)N[C@@H]1C=CS(=O)(=O)C1. The van der Waals surface area contributed by atoms with Crippen LogP contribution in [0.25, 0.3) is 0 Å². The maximum absolute atomic E-state index is 11.2. The van der Waals surface area contributed by atoms with Gasteiger partial charge in [0.2, 0.25) is 0 Å². The van der Waals surface area contributed by atoms with Crippen LogP contribution in [-0.2, 0) is 9.84 Å². The van der Waals surface area contributed by atoms with Gasteiger partial charge in [0, 0.05) is 12.0 Å². The van der Waals surface area contributed by atoms with Gasteiger partial charge in [-0.05, 0) is 37.7 Å². The van der Waals surface area contributed by atoms with E-state index in [0.29, 0.717) is 5.11 Å². The molecule has 0 fully saturated rings. The largest absolute Gasteiger partial charge is 0.363 e.